The summed E-state index contributed by atoms with van der Waals surface area (Å²) in [6, 6.07) is 17.3. The Kier molecular flexibility index (Phi) is 6.75. The van der Waals surface area contributed by atoms with E-state index in [0.717, 1.165) is 17.0 Å². The van der Waals surface area contributed by atoms with Gasteiger partial charge in [0.05, 0.1) is 13.0 Å². The average molecular weight is 396 g/mol. The van der Waals surface area contributed by atoms with E-state index in [0.29, 0.717) is 19.5 Å². The Morgan fingerprint density at radius 3 is 2.34 bits per heavy atom. The topological polar surface area (TPSA) is 70.7 Å². The molecule has 0 spiro atoms. The molecule has 154 valence electrons. The Bertz CT molecular complexity index is 821. The standard InChI is InChI=1S/C23H29N3O3/c1-16(2)24-23(28)26-14-18(17-7-5-4-6-8-17)13-19(15-26)22(27)25-20-9-11-21(29-3)12-10-20/h4-12,16,18-19H,13-15H2,1-3H3,(H,24,28)(H,25,27)/t18-,19-/m0/s1. The fourth-order valence-corrected chi connectivity index (χ4v) is 3.68. The van der Waals surface area contributed by atoms with Gasteiger partial charge in [0, 0.05) is 30.7 Å². The highest BCUT2D eigenvalue weighted by Gasteiger charge is 2.34. The maximum atomic E-state index is 13.0. The van der Waals surface area contributed by atoms with Crippen LogP contribution in [0.2, 0.25) is 0 Å². The maximum absolute atomic E-state index is 13.0. The molecule has 3 rings (SSSR count). The third kappa shape index (κ3) is 5.50. The Balaban J connectivity index is 1.75. The summed E-state index contributed by atoms with van der Waals surface area (Å²) in [7, 11) is 1.61. The number of carbonyl (C=O) groups excluding carboxylic acids is 2. The van der Waals surface area contributed by atoms with Crippen LogP contribution >= 0.6 is 0 Å². The normalized spacial score (nSPS) is 19.0. The molecule has 1 heterocycles. The molecule has 2 aromatic rings. The van der Waals surface area contributed by atoms with Gasteiger partial charge in [-0.2, -0.15) is 0 Å². The van der Waals surface area contributed by atoms with Crippen LogP contribution < -0.4 is 15.4 Å². The lowest BCUT2D eigenvalue weighted by atomic mass is 9.84. The van der Waals surface area contributed by atoms with Crippen molar-refractivity contribution in [1.82, 2.24) is 10.2 Å². The molecular formula is C23H29N3O3. The van der Waals surface area contributed by atoms with Crippen molar-refractivity contribution in [3.63, 3.8) is 0 Å². The molecule has 2 aromatic carbocycles. The number of carbonyl (C=O) groups is 2. The third-order valence-electron chi connectivity index (χ3n) is 5.15. The Labute approximate surface area is 172 Å². The van der Waals surface area contributed by atoms with Crippen molar-refractivity contribution in [3.8, 4) is 5.75 Å². The summed E-state index contributed by atoms with van der Waals surface area (Å²) in [6.07, 6.45) is 0.706. The number of likely N-dealkylation sites (tertiary alicyclic amines) is 1. The number of anilines is 1. The molecule has 0 bridgehead atoms. The number of hydrogen-bond acceptors (Lipinski definition) is 3. The van der Waals surface area contributed by atoms with Gasteiger partial charge in [-0.05, 0) is 50.1 Å². The van der Waals surface area contributed by atoms with Crippen LogP contribution in [0.3, 0.4) is 0 Å². The van der Waals surface area contributed by atoms with Crippen molar-refractivity contribution in [3.05, 3.63) is 60.2 Å². The Morgan fingerprint density at radius 2 is 1.72 bits per heavy atom. The lowest BCUT2D eigenvalue weighted by Crippen LogP contribution is -2.51. The zero-order valence-corrected chi connectivity index (χ0v) is 17.2. The highest BCUT2D eigenvalue weighted by molar-refractivity contribution is 5.93. The predicted octanol–water partition coefficient (Wildman–Crippen LogP) is 3.86. The first-order valence-corrected chi connectivity index (χ1v) is 10.0. The van der Waals surface area contributed by atoms with Crippen LogP contribution in [-0.4, -0.2) is 43.1 Å². The summed E-state index contributed by atoms with van der Waals surface area (Å²) >= 11 is 0. The number of nitrogens with zero attached hydrogens (tertiary/aromatic N) is 1. The van der Waals surface area contributed by atoms with Gasteiger partial charge in [-0.25, -0.2) is 4.79 Å². The second kappa shape index (κ2) is 9.45. The first kappa shape index (κ1) is 20.7. The molecule has 1 aliphatic rings. The van der Waals surface area contributed by atoms with Crippen molar-refractivity contribution < 1.29 is 14.3 Å². The van der Waals surface area contributed by atoms with Gasteiger partial charge in [0.15, 0.2) is 0 Å². The first-order valence-electron chi connectivity index (χ1n) is 10.0. The van der Waals surface area contributed by atoms with Gasteiger partial charge in [-0.3, -0.25) is 4.79 Å². The summed E-state index contributed by atoms with van der Waals surface area (Å²) in [5.41, 5.74) is 1.87. The summed E-state index contributed by atoms with van der Waals surface area (Å²) in [5, 5.41) is 5.93. The molecule has 0 unspecified atom stereocenters. The number of amides is 3. The van der Waals surface area contributed by atoms with Crippen molar-refractivity contribution in [2.45, 2.75) is 32.2 Å². The van der Waals surface area contributed by atoms with E-state index in [9.17, 15) is 9.59 Å². The highest BCUT2D eigenvalue weighted by atomic mass is 16.5. The molecule has 1 fully saturated rings. The van der Waals surface area contributed by atoms with Crippen LogP contribution in [0.15, 0.2) is 54.6 Å². The molecule has 1 aliphatic heterocycles. The molecule has 2 N–H and O–H groups in total. The van der Waals surface area contributed by atoms with Gasteiger partial charge in [0.1, 0.15) is 5.75 Å². The molecule has 0 saturated carbocycles. The number of methoxy groups -OCH3 is 1. The zero-order valence-electron chi connectivity index (χ0n) is 17.2. The second-order valence-corrected chi connectivity index (χ2v) is 7.77. The van der Waals surface area contributed by atoms with E-state index >= 15 is 0 Å². The second-order valence-electron chi connectivity index (χ2n) is 7.77. The zero-order chi connectivity index (χ0) is 20.8. The van der Waals surface area contributed by atoms with Crippen LogP contribution in [0, 0.1) is 5.92 Å². The molecule has 1 saturated heterocycles. The van der Waals surface area contributed by atoms with Crippen molar-refractivity contribution >= 4 is 17.6 Å². The van der Waals surface area contributed by atoms with Crippen molar-refractivity contribution in [2.24, 2.45) is 5.92 Å². The van der Waals surface area contributed by atoms with E-state index in [1.165, 1.54) is 0 Å². The number of piperidine rings is 1. The van der Waals surface area contributed by atoms with E-state index < -0.39 is 0 Å². The summed E-state index contributed by atoms with van der Waals surface area (Å²) < 4.78 is 5.16. The number of hydrogen-bond donors (Lipinski definition) is 2. The van der Waals surface area contributed by atoms with Crippen LogP contribution in [0.5, 0.6) is 5.75 Å². The van der Waals surface area contributed by atoms with E-state index in [2.05, 4.69) is 22.8 Å². The number of nitrogens with one attached hydrogen (secondary N) is 2. The number of rotatable bonds is 5. The lowest BCUT2D eigenvalue weighted by molar-refractivity contribution is -0.121. The summed E-state index contributed by atoms with van der Waals surface area (Å²) in [5.74, 6) is 0.503. The van der Waals surface area contributed by atoms with Gasteiger partial charge in [0.2, 0.25) is 5.91 Å². The SMILES string of the molecule is COc1ccc(NC(=O)[C@H]2C[C@H](c3ccccc3)CN(C(=O)NC(C)C)C2)cc1. The molecule has 6 heteroatoms. The molecule has 29 heavy (non-hydrogen) atoms. The minimum atomic E-state index is -0.283. The van der Waals surface area contributed by atoms with Crippen LogP contribution in [0.4, 0.5) is 10.5 Å². The molecule has 0 aromatic heterocycles. The molecule has 0 aliphatic carbocycles. The third-order valence-corrected chi connectivity index (χ3v) is 5.15. The van der Waals surface area contributed by atoms with E-state index in [1.54, 1.807) is 12.0 Å². The van der Waals surface area contributed by atoms with E-state index in [4.69, 9.17) is 4.74 Å². The van der Waals surface area contributed by atoms with Crippen molar-refractivity contribution in [1.29, 1.82) is 0 Å². The fraction of sp³-hybridized carbons (Fsp3) is 0.391. The van der Waals surface area contributed by atoms with Crippen LogP contribution in [-0.2, 0) is 4.79 Å². The Hall–Kier alpha value is -3.02. The highest BCUT2D eigenvalue weighted by Crippen LogP contribution is 2.31. The lowest BCUT2D eigenvalue weighted by Gasteiger charge is -2.37. The first-order chi connectivity index (χ1) is 14.0. The molecule has 3 amide bonds. The van der Waals surface area contributed by atoms with Gasteiger partial charge in [-0.15, -0.1) is 0 Å². The van der Waals surface area contributed by atoms with E-state index in [1.807, 2.05) is 56.3 Å². The molecule has 6 nitrogen and oxygen atoms in total. The smallest absolute Gasteiger partial charge is 0.317 e. The van der Waals surface area contributed by atoms with Crippen LogP contribution in [0.1, 0.15) is 31.7 Å². The summed E-state index contributed by atoms with van der Waals surface area (Å²) in [4.78, 5) is 27.4. The van der Waals surface area contributed by atoms with E-state index in [-0.39, 0.29) is 29.8 Å². The monoisotopic (exact) mass is 395 g/mol. The maximum Gasteiger partial charge on any atom is 0.317 e. The number of benzene rings is 2. The minimum Gasteiger partial charge on any atom is -0.497 e. The molecule has 2 atom stereocenters. The fourth-order valence-electron chi connectivity index (χ4n) is 3.68. The largest absolute Gasteiger partial charge is 0.497 e. The number of ether oxygens (including phenoxy) is 1. The van der Waals surface area contributed by atoms with Crippen LogP contribution in [0.25, 0.3) is 0 Å². The van der Waals surface area contributed by atoms with Gasteiger partial charge in [0.25, 0.3) is 0 Å². The average Bonchev–Trinajstić information content (AvgIpc) is 2.74. The van der Waals surface area contributed by atoms with Crippen molar-refractivity contribution in [2.75, 3.05) is 25.5 Å². The van der Waals surface area contributed by atoms with Gasteiger partial charge >= 0.3 is 6.03 Å². The molecule has 0 radical (unpaired) electrons. The van der Waals surface area contributed by atoms with Gasteiger partial charge in [-0.1, -0.05) is 30.3 Å². The van der Waals surface area contributed by atoms with Gasteiger partial charge < -0.3 is 20.3 Å². The summed E-state index contributed by atoms with van der Waals surface area (Å²) in [6.45, 7) is 4.88. The minimum absolute atomic E-state index is 0.0474. The quantitative estimate of drug-likeness (QED) is 0.808. The molecular weight excluding hydrogens is 366 g/mol. The predicted molar refractivity (Wildman–Crippen MR) is 114 cm³/mol. The number of urea groups is 1. The Morgan fingerprint density at radius 1 is 1.03 bits per heavy atom.